The van der Waals surface area contributed by atoms with Crippen LogP contribution in [0.3, 0.4) is 0 Å². The van der Waals surface area contributed by atoms with Crippen molar-refractivity contribution in [2.45, 2.75) is 18.3 Å². The molecule has 0 spiro atoms. The number of benzene rings is 1. The summed E-state index contributed by atoms with van der Waals surface area (Å²) in [5.74, 6) is -1.32. The minimum atomic E-state index is -4.74. The van der Waals surface area contributed by atoms with Crippen LogP contribution in [0.5, 0.6) is 0 Å². The average molecular weight is 265 g/mol. The standard InChI is InChI=1S/C11H11F4NO2/c12-8-2-1-6(3-7(8)11(13,14)15)16-9-4-18-5-10(9)17/h1-3,9-10,16-17H,4-5H2. The lowest BCUT2D eigenvalue weighted by atomic mass is 10.1. The summed E-state index contributed by atoms with van der Waals surface area (Å²) in [7, 11) is 0. The molecular formula is C11H11F4NO2. The molecule has 100 valence electrons. The quantitative estimate of drug-likeness (QED) is 0.804. The van der Waals surface area contributed by atoms with Crippen molar-refractivity contribution in [3.05, 3.63) is 29.6 Å². The summed E-state index contributed by atoms with van der Waals surface area (Å²) in [5.41, 5.74) is -1.24. The van der Waals surface area contributed by atoms with Gasteiger partial charge in [0.1, 0.15) is 5.82 Å². The lowest BCUT2D eigenvalue weighted by molar-refractivity contribution is -0.139. The Balaban J connectivity index is 2.19. The third-order valence-electron chi connectivity index (χ3n) is 2.67. The number of halogens is 4. The molecule has 2 rings (SSSR count). The maximum Gasteiger partial charge on any atom is 0.419 e. The van der Waals surface area contributed by atoms with Gasteiger partial charge in [-0.1, -0.05) is 0 Å². The summed E-state index contributed by atoms with van der Waals surface area (Å²) in [6, 6.07) is 2.13. The fraction of sp³-hybridized carbons (Fsp3) is 0.455. The van der Waals surface area contributed by atoms with Crippen molar-refractivity contribution in [1.29, 1.82) is 0 Å². The Labute approximate surface area is 100 Å². The van der Waals surface area contributed by atoms with Gasteiger partial charge in [-0.05, 0) is 18.2 Å². The molecule has 1 heterocycles. The second-order valence-corrected chi connectivity index (χ2v) is 4.05. The van der Waals surface area contributed by atoms with Crippen molar-refractivity contribution in [3.63, 3.8) is 0 Å². The Morgan fingerprint density at radius 2 is 2.00 bits per heavy atom. The van der Waals surface area contributed by atoms with E-state index >= 15 is 0 Å². The van der Waals surface area contributed by atoms with Gasteiger partial charge in [-0.2, -0.15) is 13.2 Å². The topological polar surface area (TPSA) is 41.5 Å². The maximum absolute atomic E-state index is 13.0. The fourth-order valence-electron chi connectivity index (χ4n) is 1.73. The predicted molar refractivity (Wildman–Crippen MR) is 55.6 cm³/mol. The van der Waals surface area contributed by atoms with Crippen molar-refractivity contribution in [1.82, 2.24) is 0 Å². The highest BCUT2D eigenvalue weighted by atomic mass is 19.4. The van der Waals surface area contributed by atoms with Crippen LogP contribution in [-0.2, 0) is 10.9 Å². The fourth-order valence-corrected chi connectivity index (χ4v) is 1.73. The summed E-state index contributed by atoms with van der Waals surface area (Å²) in [6.45, 7) is 0.324. The number of aliphatic hydroxyl groups is 1. The molecular weight excluding hydrogens is 254 g/mol. The number of nitrogens with one attached hydrogen (secondary N) is 1. The first-order chi connectivity index (χ1) is 8.38. The highest BCUT2D eigenvalue weighted by molar-refractivity contribution is 5.48. The number of alkyl halides is 3. The zero-order valence-electron chi connectivity index (χ0n) is 9.17. The number of ether oxygens (including phenoxy) is 1. The Morgan fingerprint density at radius 3 is 2.56 bits per heavy atom. The minimum absolute atomic E-state index is 0.0956. The molecule has 0 radical (unpaired) electrons. The highest BCUT2D eigenvalue weighted by Gasteiger charge is 2.34. The predicted octanol–water partition coefficient (Wildman–Crippen LogP) is 2.02. The van der Waals surface area contributed by atoms with Gasteiger partial charge in [-0.15, -0.1) is 0 Å². The van der Waals surface area contributed by atoms with Crippen LogP contribution in [0.15, 0.2) is 18.2 Å². The van der Waals surface area contributed by atoms with E-state index in [-0.39, 0.29) is 18.9 Å². The van der Waals surface area contributed by atoms with Crippen molar-refractivity contribution in [2.24, 2.45) is 0 Å². The van der Waals surface area contributed by atoms with E-state index in [1.54, 1.807) is 0 Å². The van der Waals surface area contributed by atoms with Gasteiger partial charge in [0.2, 0.25) is 0 Å². The molecule has 0 amide bonds. The van der Waals surface area contributed by atoms with Crippen LogP contribution < -0.4 is 5.32 Å². The minimum Gasteiger partial charge on any atom is -0.388 e. The molecule has 1 aromatic rings. The van der Waals surface area contributed by atoms with Gasteiger partial charge in [0.05, 0.1) is 30.9 Å². The van der Waals surface area contributed by atoms with Crippen LogP contribution in [0.25, 0.3) is 0 Å². The van der Waals surface area contributed by atoms with Gasteiger partial charge in [0.25, 0.3) is 0 Å². The highest BCUT2D eigenvalue weighted by Crippen LogP contribution is 2.33. The average Bonchev–Trinajstić information content (AvgIpc) is 2.66. The number of aliphatic hydroxyl groups excluding tert-OH is 1. The molecule has 0 aromatic heterocycles. The molecule has 0 bridgehead atoms. The van der Waals surface area contributed by atoms with E-state index in [1.807, 2.05) is 0 Å². The van der Waals surface area contributed by atoms with Crippen LogP contribution in [0.4, 0.5) is 23.2 Å². The molecule has 1 aliphatic rings. The Kier molecular flexibility index (Phi) is 3.45. The van der Waals surface area contributed by atoms with Crippen LogP contribution in [0.1, 0.15) is 5.56 Å². The van der Waals surface area contributed by atoms with Gasteiger partial charge in [0, 0.05) is 5.69 Å². The SMILES string of the molecule is OC1COCC1Nc1ccc(F)c(C(F)(F)F)c1. The molecule has 1 aromatic carbocycles. The molecule has 2 N–H and O–H groups in total. The molecule has 2 unspecified atom stereocenters. The van der Waals surface area contributed by atoms with Crippen LogP contribution in [0, 0.1) is 5.82 Å². The van der Waals surface area contributed by atoms with Gasteiger partial charge >= 0.3 is 6.18 Å². The smallest absolute Gasteiger partial charge is 0.388 e. The molecule has 1 fully saturated rings. The molecule has 1 aliphatic heterocycles. The van der Waals surface area contributed by atoms with Crippen molar-refractivity contribution in [3.8, 4) is 0 Å². The molecule has 7 heteroatoms. The van der Waals surface area contributed by atoms with Crippen LogP contribution in [0.2, 0.25) is 0 Å². The second kappa shape index (κ2) is 4.74. The first kappa shape index (κ1) is 13.1. The lowest BCUT2D eigenvalue weighted by Gasteiger charge is -2.17. The van der Waals surface area contributed by atoms with E-state index in [0.29, 0.717) is 6.07 Å². The van der Waals surface area contributed by atoms with Gasteiger partial charge in [0.15, 0.2) is 0 Å². The van der Waals surface area contributed by atoms with Gasteiger partial charge < -0.3 is 15.2 Å². The van der Waals surface area contributed by atoms with E-state index in [1.165, 1.54) is 6.07 Å². The summed E-state index contributed by atoms with van der Waals surface area (Å²) in [4.78, 5) is 0. The molecule has 18 heavy (non-hydrogen) atoms. The third kappa shape index (κ3) is 2.73. The molecule has 0 aliphatic carbocycles. The molecule has 3 nitrogen and oxygen atoms in total. The van der Waals surface area contributed by atoms with Crippen LogP contribution >= 0.6 is 0 Å². The Hall–Kier alpha value is -1.34. The van der Waals surface area contributed by atoms with Crippen molar-refractivity contribution >= 4 is 5.69 Å². The Bertz CT molecular complexity index is 436. The number of hydrogen-bond acceptors (Lipinski definition) is 3. The van der Waals surface area contributed by atoms with Crippen molar-refractivity contribution in [2.75, 3.05) is 18.5 Å². The van der Waals surface area contributed by atoms with Gasteiger partial charge in [-0.3, -0.25) is 0 Å². The first-order valence-corrected chi connectivity index (χ1v) is 5.27. The van der Waals surface area contributed by atoms with Gasteiger partial charge in [-0.25, -0.2) is 4.39 Å². The normalized spacial score (nSPS) is 24.3. The largest absolute Gasteiger partial charge is 0.419 e. The third-order valence-corrected chi connectivity index (χ3v) is 2.67. The van der Waals surface area contributed by atoms with Crippen LogP contribution in [-0.4, -0.2) is 30.5 Å². The van der Waals surface area contributed by atoms with E-state index < -0.39 is 29.7 Å². The second-order valence-electron chi connectivity index (χ2n) is 4.05. The van der Waals surface area contributed by atoms with E-state index in [0.717, 1.165) is 6.07 Å². The molecule has 1 saturated heterocycles. The zero-order chi connectivity index (χ0) is 13.3. The van der Waals surface area contributed by atoms with E-state index in [4.69, 9.17) is 4.74 Å². The van der Waals surface area contributed by atoms with E-state index in [2.05, 4.69) is 5.32 Å². The monoisotopic (exact) mass is 265 g/mol. The Morgan fingerprint density at radius 1 is 1.28 bits per heavy atom. The van der Waals surface area contributed by atoms with E-state index in [9.17, 15) is 22.7 Å². The lowest BCUT2D eigenvalue weighted by Crippen LogP contribution is -2.31. The maximum atomic E-state index is 13.0. The summed E-state index contributed by atoms with van der Waals surface area (Å²) >= 11 is 0. The summed E-state index contributed by atoms with van der Waals surface area (Å²) < 4.78 is 55.4. The number of hydrogen-bond donors (Lipinski definition) is 2. The molecule has 0 saturated carbocycles. The van der Waals surface area contributed by atoms with Crippen molar-refractivity contribution < 1.29 is 27.4 Å². The first-order valence-electron chi connectivity index (χ1n) is 5.27. The number of anilines is 1. The molecule has 2 atom stereocenters. The summed E-state index contributed by atoms with van der Waals surface area (Å²) in [6.07, 6.45) is -5.53. The summed E-state index contributed by atoms with van der Waals surface area (Å²) in [5, 5.41) is 12.1. The zero-order valence-corrected chi connectivity index (χ0v) is 9.17. The number of rotatable bonds is 2.